The van der Waals surface area contributed by atoms with Gasteiger partial charge in [0.2, 0.25) is 10.0 Å². The molecule has 1 heterocycles. The van der Waals surface area contributed by atoms with Gasteiger partial charge in [-0.05, 0) is 31.5 Å². The van der Waals surface area contributed by atoms with Crippen molar-refractivity contribution in [2.75, 3.05) is 6.54 Å². The lowest BCUT2D eigenvalue weighted by molar-refractivity contribution is 0.198. The van der Waals surface area contributed by atoms with Gasteiger partial charge in [-0.1, -0.05) is 12.1 Å². The lowest BCUT2D eigenvalue weighted by Gasteiger charge is -2.10. The Labute approximate surface area is 112 Å². The molecule has 1 atom stereocenters. The highest BCUT2D eigenvalue weighted by Gasteiger charge is 2.18. The van der Waals surface area contributed by atoms with Gasteiger partial charge >= 0.3 is 0 Å². The van der Waals surface area contributed by atoms with Gasteiger partial charge in [0.1, 0.15) is 4.90 Å². The van der Waals surface area contributed by atoms with E-state index in [-0.39, 0.29) is 11.4 Å². The molecule has 1 aromatic carbocycles. The van der Waals surface area contributed by atoms with E-state index in [1.54, 1.807) is 12.3 Å². The zero-order valence-corrected chi connectivity index (χ0v) is 11.6. The van der Waals surface area contributed by atoms with Crippen LogP contribution in [0.4, 0.5) is 0 Å². The van der Waals surface area contributed by atoms with Crippen LogP contribution in [0.5, 0.6) is 0 Å². The fourth-order valence-electron chi connectivity index (χ4n) is 1.77. The van der Waals surface area contributed by atoms with Crippen LogP contribution in [0.3, 0.4) is 0 Å². The SMILES string of the molecule is Cc1cnc2c(S(=O)(=O)NCC(C)O)cccc2c1. The lowest BCUT2D eigenvalue weighted by Crippen LogP contribution is -2.30. The van der Waals surface area contributed by atoms with Crippen LogP contribution >= 0.6 is 0 Å². The Bertz CT molecular complexity index is 696. The molecule has 0 saturated heterocycles. The van der Waals surface area contributed by atoms with Crippen LogP contribution in [-0.4, -0.2) is 31.2 Å². The van der Waals surface area contributed by atoms with E-state index in [2.05, 4.69) is 9.71 Å². The first-order valence-electron chi connectivity index (χ1n) is 5.93. The zero-order valence-electron chi connectivity index (χ0n) is 10.8. The molecule has 0 spiro atoms. The van der Waals surface area contributed by atoms with Crippen molar-refractivity contribution in [2.24, 2.45) is 0 Å². The first-order valence-corrected chi connectivity index (χ1v) is 7.41. The molecule has 2 aromatic rings. The van der Waals surface area contributed by atoms with Gasteiger partial charge in [-0.3, -0.25) is 4.98 Å². The van der Waals surface area contributed by atoms with Crippen molar-refractivity contribution in [3.63, 3.8) is 0 Å². The Balaban J connectivity index is 2.50. The van der Waals surface area contributed by atoms with Crippen LogP contribution in [0, 0.1) is 6.92 Å². The minimum absolute atomic E-state index is 0.0232. The Kier molecular flexibility index (Phi) is 3.84. The van der Waals surface area contributed by atoms with E-state index in [1.165, 1.54) is 13.0 Å². The molecular weight excluding hydrogens is 264 g/mol. The quantitative estimate of drug-likeness (QED) is 0.882. The van der Waals surface area contributed by atoms with Crippen LogP contribution in [-0.2, 0) is 10.0 Å². The Morgan fingerprint density at radius 3 is 2.84 bits per heavy atom. The van der Waals surface area contributed by atoms with Gasteiger partial charge in [-0.2, -0.15) is 0 Å². The van der Waals surface area contributed by atoms with Crippen molar-refractivity contribution in [1.82, 2.24) is 9.71 Å². The third kappa shape index (κ3) is 3.09. The Hall–Kier alpha value is -1.50. The van der Waals surface area contributed by atoms with Crippen LogP contribution in [0.25, 0.3) is 10.9 Å². The number of para-hydroxylation sites is 1. The summed E-state index contributed by atoms with van der Waals surface area (Å²) in [4.78, 5) is 4.32. The average Bonchev–Trinajstić information content (AvgIpc) is 2.35. The minimum Gasteiger partial charge on any atom is -0.392 e. The number of hydrogen-bond acceptors (Lipinski definition) is 4. The number of aliphatic hydroxyl groups excluding tert-OH is 1. The second-order valence-electron chi connectivity index (χ2n) is 4.54. The molecule has 0 radical (unpaired) electrons. The molecule has 1 aromatic heterocycles. The third-order valence-electron chi connectivity index (χ3n) is 2.67. The first-order chi connectivity index (χ1) is 8.90. The average molecular weight is 280 g/mol. The molecule has 1 unspecified atom stereocenters. The monoisotopic (exact) mass is 280 g/mol. The van der Waals surface area contributed by atoms with Gasteiger partial charge < -0.3 is 5.11 Å². The number of pyridine rings is 1. The summed E-state index contributed by atoms with van der Waals surface area (Å²) in [6.07, 6.45) is 0.899. The van der Waals surface area contributed by atoms with Crippen molar-refractivity contribution in [3.8, 4) is 0 Å². The molecule has 2 rings (SSSR count). The fraction of sp³-hybridized carbons (Fsp3) is 0.308. The highest BCUT2D eigenvalue weighted by atomic mass is 32.2. The maximum atomic E-state index is 12.2. The van der Waals surface area contributed by atoms with Crippen LogP contribution in [0.15, 0.2) is 35.4 Å². The van der Waals surface area contributed by atoms with Crippen molar-refractivity contribution >= 4 is 20.9 Å². The summed E-state index contributed by atoms with van der Waals surface area (Å²) in [5, 5.41) is 9.95. The number of sulfonamides is 1. The van der Waals surface area contributed by atoms with Gasteiger partial charge in [-0.25, -0.2) is 13.1 Å². The fourth-order valence-corrected chi connectivity index (χ4v) is 3.07. The van der Waals surface area contributed by atoms with Crippen LogP contribution < -0.4 is 4.72 Å². The number of hydrogen-bond donors (Lipinski definition) is 2. The summed E-state index contributed by atoms with van der Waals surface area (Å²) in [6.45, 7) is 3.40. The van der Waals surface area contributed by atoms with E-state index in [4.69, 9.17) is 5.11 Å². The Morgan fingerprint density at radius 2 is 2.16 bits per heavy atom. The van der Waals surface area contributed by atoms with Gasteiger partial charge in [0.15, 0.2) is 0 Å². The number of aryl methyl sites for hydroxylation is 1. The van der Waals surface area contributed by atoms with Crippen LogP contribution in [0.2, 0.25) is 0 Å². The van der Waals surface area contributed by atoms with E-state index in [0.29, 0.717) is 5.52 Å². The number of rotatable bonds is 4. The highest BCUT2D eigenvalue weighted by molar-refractivity contribution is 7.89. The van der Waals surface area contributed by atoms with Gasteiger partial charge in [0, 0.05) is 18.1 Å². The predicted molar refractivity (Wildman–Crippen MR) is 73.3 cm³/mol. The molecule has 0 aliphatic heterocycles. The number of aliphatic hydroxyl groups is 1. The summed E-state index contributed by atoms with van der Waals surface area (Å²) in [5.74, 6) is 0. The molecule has 0 aliphatic rings. The number of nitrogens with zero attached hydrogens (tertiary/aromatic N) is 1. The van der Waals surface area contributed by atoms with E-state index in [1.807, 2.05) is 19.1 Å². The maximum Gasteiger partial charge on any atom is 0.242 e. The molecule has 19 heavy (non-hydrogen) atoms. The van der Waals surface area contributed by atoms with Crippen molar-refractivity contribution in [2.45, 2.75) is 24.8 Å². The second-order valence-corrected chi connectivity index (χ2v) is 6.28. The van der Waals surface area contributed by atoms with Crippen molar-refractivity contribution in [1.29, 1.82) is 0 Å². The Morgan fingerprint density at radius 1 is 1.42 bits per heavy atom. The largest absolute Gasteiger partial charge is 0.392 e. The standard InChI is InChI=1S/C13H16N2O3S/c1-9-6-11-4-3-5-12(13(11)14-7-9)19(17,18)15-8-10(2)16/h3-7,10,15-16H,8H2,1-2H3. The summed E-state index contributed by atoms with van der Waals surface area (Å²) >= 11 is 0. The number of fused-ring (bicyclic) bond motifs is 1. The van der Waals surface area contributed by atoms with E-state index in [9.17, 15) is 8.42 Å². The van der Waals surface area contributed by atoms with Gasteiger partial charge in [-0.15, -0.1) is 0 Å². The topological polar surface area (TPSA) is 79.3 Å². The minimum atomic E-state index is -3.67. The van der Waals surface area contributed by atoms with Crippen LogP contribution in [0.1, 0.15) is 12.5 Å². The van der Waals surface area contributed by atoms with Gasteiger partial charge in [0.05, 0.1) is 11.6 Å². The number of benzene rings is 1. The third-order valence-corrected chi connectivity index (χ3v) is 4.12. The maximum absolute atomic E-state index is 12.2. The number of nitrogens with one attached hydrogen (secondary N) is 1. The predicted octanol–water partition coefficient (Wildman–Crippen LogP) is 1.20. The molecule has 0 aliphatic carbocycles. The summed E-state index contributed by atoms with van der Waals surface area (Å²) in [5.41, 5.74) is 1.41. The normalized spacial score (nSPS) is 13.6. The molecule has 0 fully saturated rings. The lowest BCUT2D eigenvalue weighted by atomic mass is 10.2. The molecule has 2 N–H and O–H groups in total. The summed E-state index contributed by atoms with van der Waals surface area (Å²) in [6, 6.07) is 6.90. The molecule has 5 nitrogen and oxygen atoms in total. The molecule has 102 valence electrons. The molecule has 6 heteroatoms. The van der Waals surface area contributed by atoms with Gasteiger partial charge in [0.25, 0.3) is 0 Å². The van der Waals surface area contributed by atoms with E-state index >= 15 is 0 Å². The highest BCUT2D eigenvalue weighted by Crippen LogP contribution is 2.21. The van der Waals surface area contributed by atoms with Crippen molar-refractivity contribution in [3.05, 3.63) is 36.0 Å². The summed E-state index contributed by atoms with van der Waals surface area (Å²) in [7, 11) is -3.67. The molecule has 0 bridgehead atoms. The van der Waals surface area contributed by atoms with E-state index in [0.717, 1.165) is 10.9 Å². The zero-order chi connectivity index (χ0) is 14.0. The van der Waals surface area contributed by atoms with E-state index < -0.39 is 16.1 Å². The second kappa shape index (κ2) is 5.24. The smallest absolute Gasteiger partial charge is 0.242 e. The molecular formula is C13H16N2O3S. The molecule has 0 amide bonds. The summed E-state index contributed by atoms with van der Waals surface area (Å²) < 4.78 is 26.7. The van der Waals surface area contributed by atoms with Crippen molar-refractivity contribution < 1.29 is 13.5 Å². The number of aromatic nitrogens is 1. The first kappa shape index (κ1) is 13.9. The molecule has 0 saturated carbocycles.